The summed E-state index contributed by atoms with van der Waals surface area (Å²) in [5.41, 5.74) is 3.59. The summed E-state index contributed by atoms with van der Waals surface area (Å²) < 4.78 is 23.6. The van der Waals surface area contributed by atoms with E-state index in [-0.39, 0.29) is 31.1 Å². The summed E-state index contributed by atoms with van der Waals surface area (Å²) in [6.07, 6.45) is 3.88. The molecule has 1 aliphatic heterocycles. The van der Waals surface area contributed by atoms with E-state index in [1.54, 1.807) is 25.5 Å². The van der Waals surface area contributed by atoms with Gasteiger partial charge < -0.3 is 19.7 Å². The van der Waals surface area contributed by atoms with Crippen molar-refractivity contribution in [1.82, 2.24) is 10.4 Å². The van der Waals surface area contributed by atoms with Crippen LogP contribution in [0.3, 0.4) is 0 Å². The highest BCUT2D eigenvalue weighted by Gasteiger charge is 2.35. The monoisotopic (exact) mass is 526 g/mol. The highest BCUT2D eigenvalue weighted by Crippen LogP contribution is 2.38. The Kier molecular flexibility index (Phi) is 10.8. The van der Waals surface area contributed by atoms with E-state index in [2.05, 4.69) is 38.7 Å². The molecule has 204 valence electrons. The quantitative estimate of drug-likeness (QED) is 0.182. The van der Waals surface area contributed by atoms with E-state index in [0.717, 1.165) is 29.8 Å². The number of nitrogens with zero attached hydrogens (tertiary/aromatic N) is 3. The predicted molar refractivity (Wildman–Crippen MR) is 144 cm³/mol. The van der Waals surface area contributed by atoms with Gasteiger partial charge in [-0.25, -0.2) is 14.2 Å². The number of alkyl carbamates (subject to hydrolysis) is 1. The Morgan fingerprint density at radius 3 is 2.55 bits per heavy atom. The molecule has 1 heterocycles. The first-order valence-electron chi connectivity index (χ1n) is 12.5. The molecule has 1 fully saturated rings. The molecule has 2 amide bonds. The third-order valence-corrected chi connectivity index (χ3v) is 6.45. The second kappa shape index (κ2) is 14.3. The SMILES string of the molecule is C=C(N=CCCCCN(O)C(=O)CNC(=O)OC)c1ccc([C@H]2[C@@H](OC)CCN2c2ccc(F)cc2)cc1. The zero-order valence-electron chi connectivity index (χ0n) is 21.8. The average Bonchev–Trinajstić information content (AvgIpc) is 3.37. The van der Waals surface area contributed by atoms with Crippen molar-refractivity contribution in [3.63, 3.8) is 0 Å². The van der Waals surface area contributed by atoms with Crippen molar-refractivity contribution in [2.45, 2.75) is 37.8 Å². The second-order valence-corrected chi connectivity index (χ2v) is 8.92. The number of hydrogen-bond acceptors (Lipinski definition) is 7. The minimum Gasteiger partial charge on any atom is -0.453 e. The standard InChI is InChI=1S/C28H35FN4O5/c1-20(30-16-5-4-6-17-33(36)26(34)19-31-28(35)38-3)21-7-9-22(10-8-21)27-25(37-2)15-18-32(27)24-13-11-23(29)12-14-24/h7-14,16,25,27,36H,1,4-6,15,17-19H2,2-3H3,(H,31,35)/t25-,27-/m0/s1. The Bertz CT molecular complexity index is 1110. The highest BCUT2D eigenvalue weighted by molar-refractivity contribution is 5.81. The fourth-order valence-electron chi connectivity index (χ4n) is 4.38. The Labute approximate surface area is 222 Å². The van der Waals surface area contributed by atoms with Crippen LogP contribution < -0.4 is 10.2 Å². The summed E-state index contributed by atoms with van der Waals surface area (Å²) >= 11 is 0. The van der Waals surface area contributed by atoms with Gasteiger partial charge in [0.1, 0.15) is 12.4 Å². The molecule has 2 aromatic carbocycles. The summed E-state index contributed by atoms with van der Waals surface area (Å²) in [5.74, 6) is -0.872. The smallest absolute Gasteiger partial charge is 0.407 e. The molecule has 0 aliphatic carbocycles. The molecule has 2 atom stereocenters. The Morgan fingerprint density at radius 2 is 1.89 bits per heavy atom. The van der Waals surface area contributed by atoms with Crippen LogP contribution in [0.4, 0.5) is 14.9 Å². The van der Waals surface area contributed by atoms with Crippen molar-refractivity contribution < 1.29 is 28.7 Å². The lowest BCUT2D eigenvalue weighted by Gasteiger charge is -2.30. The molecule has 38 heavy (non-hydrogen) atoms. The summed E-state index contributed by atoms with van der Waals surface area (Å²) in [4.78, 5) is 29.4. The second-order valence-electron chi connectivity index (χ2n) is 8.92. The zero-order valence-corrected chi connectivity index (χ0v) is 21.8. The summed E-state index contributed by atoms with van der Waals surface area (Å²) in [5, 5.41) is 12.5. The van der Waals surface area contributed by atoms with Gasteiger partial charge in [0.2, 0.25) is 0 Å². The summed E-state index contributed by atoms with van der Waals surface area (Å²) in [6, 6.07) is 14.6. The van der Waals surface area contributed by atoms with Crippen LogP contribution >= 0.6 is 0 Å². The number of hydroxylamine groups is 2. The number of ether oxygens (including phenoxy) is 2. The number of aliphatic imine (C=N–C) groups is 1. The maximum atomic E-state index is 13.4. The molecule has 9 nitrogen and oxygen atoms in total. The number of carbonyl (C=O) groups excluding carboxylic acids is 2. The average molecular weight is 527 g/mol. The Balaban J connectivity index is 1.48. The van der Waals surface area contributed by atoms with Gasteiger partial charge in [0.05, 0.1) is 25.0 Å². The van der Waals surface area contributed by atoms with Gasteiger partial charge in [0, 0.05) is 32.1 Å². The number of carbonyl (C=O) groups is 2. The molecule has 10 heteroatoms. The molecule has 0 radical (unpaired) electrons. The number of halogens is 1. The van der Waals surface area contributed by atoms with Crippen LogP contribution in [0, 0.1) is 5.82 Å². The lowest BCUT2D eigenvalue weighted by molar-refractivity contribution is -0.164. The molecule has 0 bridgehead atoms. The number of methoxy groups -OCH3 is 2. The fraction of sp³-hybridized carbons (Fsp3) is 0.393. The number of amides is 2. The third-order valence-electron chi connectivity index (χ3n) is 6.45. The van der Waals surface area contributed by atoms with E-state index in [4.69, 9.17) is 4.74 Å². The van der Waals surface area contributed by atoms with Gasteiger partial charge in [0.25, 0.3) is 5.91 Å². The molecule has 0 aromatic heterocycles. The van der Waals surface area contributed by atoms with Crippen LogP contribution in [0.1, 0.15) is 42.9 Å². The molecule has 3 rings (SSSR count). The first-order chi connectivity index (χ1) is 18.3. The van der Waals surface area contributed by atoms with Crippen LogP contribution in [0.15, 0.2) is 60.1 Å². The van der Waals surface area contributed by atoms with Gasteiger partial charge in [-0.05, 0) is 61.1 Å². The number of anilines is 1. The molecule has 1 saturated heterocycles. The molecule has 0 spiro atoms. The van der Waals surface area contributed by atoms with Crippen LogP contribution in [-0.2, 0) is 14.3 Å². The van der Waals surface area contributed by atoms with Crippen LogP contribution in [0.5, 0.6) is 0 Å². The number of rotatable bonds is 12. The van der Waals surface area contributed by atoms with E-state index in [0.29, 0.717) is 30.0 Å². The van der Waals surface area contributed by atoms with Gasteiger partial charge in [-0.15, -0.1) is 0 Å². The predicted octanol–water partition coefficient (Wildman–Crippen LogP) is 4.58. The van der Waals surface area contributed by atoms with Crippen LogP contribution in [0.25, 0.3) is 5.70 Å². The zero-order chi connectivity index (χ0) is 27.5. The van der Waals surface area contributed by atoms with Crippen molar-refractivity contribution in [2.24, 2.45) is 4.99 Å². The number of unbranched alkanes of at least 4 members (excludes halogenated alkanes) is 2. The molecule has 0 unspecified atom stereocenters. The van der Waals surface area contributed by atoms with E-state index < -0.39 is 12.0 Å². The van der Waals surface area contributed by atoms with Crippen LogP contribution in [0.2, 0.25) is 0 Å². The number of hydrogen-bond donors (Lipinski definition) is 2. The van der Waals surface area contributed by atoms with Crippen molar-refractivity contribution in [3.8, 4) is 0 Å². The van der Waals surface area contributed by atoms with Crippen molar-refractivity contribution in [3.05, 3.63) is 72.1 Å². The normalized spacial score (nSPS) is 17.0. The summed E-state index contributed by atoms with van der Waals surface area (Å²) in [7, 11) is 2.91. The minimum atomic E-state index is -0.734. The number of benzene rings is 2. The van der Waals surface area contributed by atoms with E-state index in [1.165, 1.54) is 19.2 Å². The Morgan fingerprint density at radius 1 is 1.18 bits per heavy atom. The lowest BCUT2D eigenvalue weighted by atomic mass is 9.99. The van der Waals surface area contributed by atoms with Gasteiger partial charge in [-0.1, -0.05) is 30.8 Å². The topological polar surface area (TPSA) is 104 Å². The molecular formula is C28H35FN4O5. The van der Waals surface area contributed by atoms with E-state index >= 15 is 0 Å². The molecular weight excluding hydrogens is 491 g/mol. The van der Waals surface area contributed by atoms with Gasteiger partial charge in [-0.3, -0.25) is 15.0 Å². The van der Waals surface area contributed by atoms with Gasteiger partial charge in [0.15, 0.2) is 0 Å². The fourth-order valence-corrected chi connectivity index (χ4v) is 4.38. The largest absolute Gasteiger partial charge is 0.453 e. The maximum absolute atomic E-state index is 13.4. The Hall–Kier alpha value is -3.76. The molecule has 2 N–H and O–H groups in total. The van der Waals surface area contributed by atoms with E-state index in [1.807, 2.05) is 12.1 Å². The van der Waals surface area contributed by atoms with Gasteiger partial charge >= 0.3 is 6.09 Å². The molecule has 1 aliphatic rings. The highest BCUT2D eigenvalue weighted by atomic mass is 19.1. The number of nitrogens with one attached hydrogen (secondary N) is 1. The summed E-state index contributed by atoms with van der Waals surface area (Å²) in [6.45, 7) is 4.69. The molecule has 0 saturated carbocycles. The van der Waals surface area contributed by atoms with Crippen molar-refractivity contribution in [1.29, 1.82) is 0 Å². The minimum absolute atomic E-state index is 0.0190. The van der Waals surface area contributed by atoms with Crippen LogP contribution in [-0.4, -0.2) is 68.4 Å². The first-order valence-corrected chi connectivity index (χ1v) is 12.5. The first kappa shape index (κ1) is 28.8. The maximum Gasteiger partial charge on any atom is 0.407 e. The third kappa shape index (κ3) is 7.87. The van der Waals surface area contributed by atoms with Gasteiger partial charge in [-0.2, -0.15) is 0 Å². The van der Waals surface area contributed by atoms with Crippen molar-refractivity contribution >= 4 is 29.6 Å². The van der Waals surface area contributed by atoms with Crippen molar-refractivity contribution in [2.75, 3.05) is 38.8 Å². The molecule has 2 aromatic rings. The van der Waals surface area contributed by atoms with E-state index in [9.17, 15) is 19.2 Å². The lowest BCUT2D eigenvalue weighted by Crippen LogP contribution is -2.38.